The predicted molar refractivity (Wildman–Crippen MR) is 446 cm³/mol. The highest BCUT2D eigenvalue weighted by atomic mass is 32.1. The van der Waals surface area contributed by atoms with Crippen LogP contribution in [0.1, 0.15) is 187 Å². The first kappa shape index (κ1) is 71.5. The maximum atomic E-state index is 6.03. The van der Waals surface area contributed by atoms with Crippen LogP contribution in [0.25, 0.3) is 127 Å². The molecule has 0 unspecified atom stereocenters. The largest absolute Gasteiger partial charge is 0.454 e. The second kappa shape index (κ2) is 28.0. The lowest BCUT2D eigenvalue weighted by molar-refractivity contribution is 0.625. The van der Waals surface area contributed by atoms with Crippen molar-refractivity contribution < 1.29 is 13.3 Å². The van der Waals surface area contributed by atoms with Gasteiger partial charge in [-0.1, -0.05) is 186 Å². The van der Waals surface area contributed by atoms with Gasteiger partial charge in [-0.25, -0.2) is 0 Å². The fourth-order valence-electron chi connectivity index (χ4n) is 16.4. The summed E-state index contributed by atoms with van der Waals surface area (Å²) < 4.78 is 38.9. The molecule has 0 radical (unpaired) electrons. The Hall–Kier alpha value is -8.94. The van der Waals surface area contributed by atoms with Gasteiger partial charge in [-0.2, -0.15) is 0 Å². The Labute approximate surface area is 613 Å². The summed E-state index contributed by atoms with van der Waals surface area (Å²) in [7, 11) is 12.9. The van der Waals surface area contributed by atoms with Gasteiger partial charge in [0.15, 0.2) is 11.2 Å². The molecular formula is C90H102N6O3S3. The van der Waals surface area contributed by atoms with E-state index in [1.165, 1.54) is 161 Å². The molecule has 0 amide bonds. The van der Waals surface area contributed by atoms with Crippen molar-refractivity contribution in [3.05, 3.63) is 214 Å². The van der Waals surface area contributed by atoms with Gasteiger partial charge in [-0.05, 0) is 131 Å². The Morgan fingerprint density at radius 1 is 0.275 bits per heavy atom. The summed E-state index contributed by atoms with van der Waals surface area (Å²) >= 11 is 5.75. The van der Waals surface area contributed by atoms with E-state index in [0.717, 1.165) is 33.6 Å². The van der Waals surface area contributed by atoms with Gasteiger partial charge in [-0.15, -0.1) is 34.0 Å². The molecule has 0 spiro atoms. The lowest BCUT2D eigenvalue weighted by Crippen LogP contribution is -2.00. The molecule has 12 heterocycles. The minimum absolute atomic E-state index is 0.469. The molecule has 0 bridgehead atoms. The fraction of sp³-hybridized carbons (Fsp3) is 0.333. The van der Waals surface area contributed by atoms with E-state index in [1.807, 2.05) is 70.4 Å². The number of thiophene rings is 3. The van der Waals surface area contributed by atoms with Crippen LogP contribution in [0.15, 0.2) is 159 Å². The number of para-hydroxylation sites is 3. The molecule has 9 nitrogen and oxygen atoms in total. The number of furan rings is 3. The van der Waals surface area contributed by atoms with Crippen molar-refractivity contribution in [3.8, 4) is 0 Å². The van der Waals surface area contributed by atoms with Gasteiger partial charge in [-0.3, -0.25) is 0 Å². The Bertz CT molecular complexity index is 5530. The van der Waals surface area contributed by atoms with Crippen molar-refractivity contribution in [2.45, 2.75) is 160 Å². The summed E-state index contributed by atoms with van der Waals surface area (Å²) in [6, 6.07) is 51.0. The van der Waals surface area contributed by atoms with Gasteiger partial charge in [0, 0.05) is 161 Å². The average Bonchev–Trinajstić information content (AvgIpc) is 1.64. The first-order chi connectivity index (χ1) is 48.7. The summed E-state index contributed by atoms with van der Waals surface area (Å²) in [5.74, 6) is 3.19. The molecule has 12 heteroatoms. The second-order valence-corrected chi connectivity index (χ2v) is 33.1. The average molecular weight is 1410 g/mol. The van der Waals surface area contributed by atoms with Crippen LogP contribution in [-0.4, -0.2) is 27.4 Å². The minimum Gasteiger partial charge on any atom is -0.454 e. The van der Waals surface area contributed by atoms with Crippen LogP contribution in [0.3, 0.4) is 0 Å². The Kier molecular flexibility index (Phi) is 19.6. The van der Waals surface area contributed by atoms with Crippen molar-refractivity contribution in [1.82, 2.24) is 27.4 Å². The van der Waals surface area contributed by atoms with Gasteiger partial charge < -0.3 is 40.7 Å². The van der Waals surface area contributed by atoms with E-state index in [-0.39, 0.29) is 0 Å². The van der Waals surface area contributed by atoms with Crippen molar-refractivity contribution in [3.63, 3.8) is 0 Å². The van der Waals surface area contributed by atoms with Gasteiger partial charge in [0.25, 0.3) is 0 Å². The third-order valence-electron chi connectivity index (χ3n) is 21.7. The van der Waals surface area contributed by atoms with Gasteiger partial charge >= 0.3 is 0 Å². The van der Waals surface area contributed by atoms with Crippen LogP contribution in [0.4, 0.5) is 0 Å². The lowest BCUT2D eigenvalue weighted by atomic mass is 9.99. The number of hydrogen-bond acceptors (Lipinski definition) is 6. The molecule has 18 aromatic rings. The smallest absolute Gasteiger partial charge is 0.208 e. The summed E-state index contributed by atoms with van der Waals surface area (Å²) in [6.45, 7) is 40.2. The number of nitrogens with zero attached hydrogens (tertiary/aromatic N) is 6. The molecule has 0 atom stereocenters. The van der Waals surface area contributed by atoms with Crippen LogP contribution < -0.4 is 0 Å². The highest BCUT2D eigenvalue weighted by molar-refractivity contribution is 7.26. The van der Waals surface area contributed by atoms with E-state index in [1.54, 1.807) is 0 Å². The zero-order valence-electron chi connectivity index (χ0n) is 64.5. The highest BCUT2D eigenvalue weighted by Gasteiger charge is 2.26. The molecule has 0 fully saturated rings. The quantitative estimate of drug-likeness (QED) is 0.167. The van der Waals surface area contributed by atoms with E-state index >= 15 is 0 Å². The second-order valence-electron chi connectivity index (χ2n) is 29.9. The molecule has 0 saturated heterocycles. The molecular weight excluding hydrogens is 1310 g/mol. The van der Waals surface area contributed by atoms with Crippen LogP contribution in [0, 0.1) is 41.5 Å². The third kappa shape index (κ3) is 11.9. The topological polar surface area (TPSA) is 69.0 Å². The molecule has 18 rings (SSSR count). The minimum atomic E-state index is 0.469. The zero-order chi connectivity index (χ0) is 72.9. The maximum absolute atomic E-state index is 6.03. The third-order valence-corrected chi connectivity index (χ3v) is 25.4. The lowest BCUT2D eigenvalue weighted by Gasteiger charge is -2.09. The maximum Gasteiger partial charge on any atom is 0.208 e. The summed E-state index contributed by atoms with van der Waals surface area (Å²) in [6.07, 6.45) is 0. The highest BCUT2D eigenvalue weighted by Crippen LogP contribution is 2.46. The SMILES string of the molecule is Cc1c(C(C)C)c2c3ccccc3oc2n1C.Cc1c(C(C)C)c2c3ccccc3sc2n1C.Cc1c(C(C)C)c2oc3ccccc3c2n1C.Cc1c2c(oc3ccccc32)c(C(C)C)n1C.Cc1c2c(sc3ccccc32)c(C(C)C)n1C.Cc1c2sc3ccccc3c2c(C(C)C)n1C. The van der Waals surface area contributed by atoms with Crippen LogP contribution in [0.2, 0.25) is 0 Å². The molecule has 0 aliphatic heterocycles. The molecule has 0 saturated carbocycles. The number of aryl methyl sites for hydroxylation is 6. The number of rotatable bonds is 6. The number of aromatic nitrogens is 6. The van der Waals surface area contributed by atoms with Gasteiger partial charge in [0.05, 0.1) is 26.0 Å². The zero-order valence-corrected chi connectivity index (χ0v) is 66.9. The first-order valence-corrected chi connectivity index (χ1v) is 38.9. The van der Waals surface area contributed by atoms with E-state index in [2.05, 4.69) is 304 Å². The molecule has 528 valence electrons. The normalized spacial score (nSPS) is 12.1. The molecule has 12 aromatic heterocycles. The summed E-state index contributed by atoms with van der Waals surface area (Å²) in [5.41, 5.74) is 23.9. The first-order valence-electron chi connectivity index (χ1n) is 36.4. The standard InChI is InChI=1S/3C15H17NO.3C15H17NS/c1-9(2)14-15-13(10(3)16(14)4)11-7-5-6-8-12(11)17-15;1-9(2)13-10(3)16(4)14-11-7-5-6-8-12(11)17-15(13)14;1-9(2)13-10(3)16(4)15-14(13)11-7-5-6-8-12(11)17-15;1-9(2)14-13-11-7-5-6-8-12(11)17-15(13)10(3)16(14)4;1-9(2)14-15-13(10(3)16(14)4)11-7-5-6-8-12(11)17-15;1-9(2)13-10(3)16(4)15-14(13)11-7-5-6-8-12(11)17-15/h6*5-9H,1-4H3. The van der Waals surface area contributed by atoms with E-state index < -0.39 is 0 Å². The van der Waals surface area contributed by atoms with Gasteiger partial charge in [0.2, 0.25) is 5.71 Å². The Balaban J connectivity index is 0.000000109. The summed E-state index contributed by atoms with van der Waals surface area (Å²) in [5, 5.41) is 14.9. The monoisotopic (exact) mass is 1410 g/mol. The molecule has 0 aliphatic rings. The molecule has 6 aromatic carbocycles. The van der Waals surface area contributed by atoms with Crippen LogP contribution in [0.5, 0.6) is 0 Å². The van der Waals surface area contributed by atoms with Crippen molar-refractivity contribution in [2.24, 2.45) is 42.3 Å². The van der Waals surface area contributed by atoms with E-state index in [0.29, 0.717) is 35.5 Å². The van der Waals surface area contributed by atoms with Crippen LogP contribution >= 0.6 is 34.0 Å². The van der Waals surface area contributed by atoms with E-state index in [9.17, 15) is 0 Å². The fourth-order valence-corrected chi connectivity index (χ4v) is 20.4. The van der Waals surface area contributed by atoms with Crippen molar-refractivity contribution in [2.75, 3.05) is 0 Å². The van der Waals surface area contributed by atoms with E-state index in [4.69, 9.17) is 13.3 Å². The van der Waals surface area contributed by atoms with Crippen molar-refractivity contribution in [1.29, 1.82) is 0 Å². The summed E-state index contributed by atoms with van der Waals surface area (Å²) in [4.78, 5) is 1.41. The molecule has 0 aliphatic carbocycles. The Morgan fingerprint density at radius 3 is 1.20 bits per heavy atom. The van der Waals surface area contributed by atoms with Crippen LogP contribution in [-0.2, 0) is 42.3 Å². The number of hydrogen-bond donors (Lipinski definition) is 0. The Morgan fingerprint density at radius 2 is 0.657 bits per heavy atom. The predicted octanol–water partition coefficient (Wildman–Crippen LogP) is 27.5. The van der Waals surface area contributed by atoms with Crippen molar-refractivity contribution >= 4 is 161 Å². The molecule has 0 N–H and O–H groups in total. The number of fused-ring (bicyclic) bond motifs is 18. The van der Waals surface area contributed by atoms with Gasteiger partial charge in [0.1, 0.15) is 21.6 Å². The molecule has 102 heavy (non-hydrogen) atoms. The number of benzene rings is 6.